The van der Waals surface area contributed by atoms with Crippen molar-refractivity contribution in [1.82, 2.24) is 5.16 Å². The van der Waals surface area contributed by atoms with Crippen molar-refractivity contribution in [3.05, 3.63) is 35.5 Å². The summed E-state index contributed by atoms with van der Waals surface area (Å²) in [5, 5.41) is 3.75. The molecule has 1 heterocycles. The minimum absolute atomic E-state index is 0.104. The third-order valence-electron chi connectivity index (χ3n) is 3.01. The zero-order valence-corrected chi connectivity index (χ0v) is 11.6. The third-order valence-corrected chi connectivity index (χ3v) is 3.01. The molecule has 0 saturated heterocycles. The summed E-state index contributed by atoms with van der Waals surface area (Å²) < 4.78 is 10.5. The van der Waals surface area contributed by atoms with Gasteiger partial charge in [0.25, 0.3) is 0 Å². The second-order valence-corrected chi connectivity index (χ2v) is 4.74. The molecule has 2 rings (SSSR count). The number of nitrogens with zero attached hydrogens (tertiary/aromatic N) is 1. The van der Waals surface area contributed by atoms with Crippen molar-refractivity contribution < 1.29 is 14.1 Å². The van der Waals surface area contributed by atoms with Gasteiger partial charge < -0.3 is 9.26 Å². The van der Waals surface area contributed by atoms with Gasteiger partial charge in [0, 0.05) is 18.6 Å². The third kappa shape index (κ3) is 2.67. The summed E-state index contributed by atoms with van der Waals surface area (Å²) in [7, 11) is 1.66. The predicted octanol–water partition coefficient (Wildman–Crippen LogP) is 3.68. The number of aromatic nitrogens is 1. The molecule has 0 unspecified atom stereocenters. The molecule has 1 aromatic heterocycles. The number of methoxy groups -OCH3 is 1. The highest BCUT2D eigenvalue weighted by Crippen LogP contribution is 2.31. The largest absolute Gasteiger partial charge is 0.496 e. The number of hydrogen-bond acceptors (Lipinski definition) is 4. The second kappa shape index (κ2) is 5.26. The fraction of sp³-hybridized carbons (Fsp3) is 0.333. The first kappa shape index (κ1) is 13.3. The van der Waals surface area contributed by atoms with Crippen molar-refractivity contribution in [1.29, 1.82) is 0 Å². The summed E-state index contributed by atoms with van der Waals surface area (Å²) >= 11 is 0. The van der Waals surface area contributed by atoms with Crippen molar-refractivity contribution >= 4 is 5.78 Å². The molecule has 2 aromatic rings. The van der Waals surface area contributed by atoms with E-state index in [1.807, 2.05) is 18.2 Å². The second-order valence-electron chi connectivity index (χ2n) is 4.74. The van der Waals surface area contributed by atoms with Crippen LogP contribution in [0.5, 0.6) is 5.75 Å². The van der Waals surface area contributed by atoms with Crippen LogP contribution in [0.3, 0.4) is 0 Å². The van der Waals surface area contributed by atoms with Gasteiger partial charge in [-0.15, -0.1) is 0 Å². The Morgan fingerprint density at radius 2 is 2.05 bits per heavy atom. The van der Waals surface area contributed by atoms with Crippen LogP contribution >= 0.6 is 0 Å². The van der Waals surface area contributed by atoms with Gasteiger partial charge in [0.05, 0.1) is 7.11 Å². The maximum atomic E-state index is 11.2. The molecular formula is C15H17NO3. The Balaban J connectivity index is 2.44. The summed E-state index contributed by atoms with van der Waals surface area (Å²) in [4.78, 5) is 11.2. The Morgan fingerprint density at radius 1 is 1.32 bits per heavy atom. The van der Waals surface area contributed by atoms with Crippen molar-refractivity contribution in [2.75, 3.05) is 7.11 Å². The Hall–Kier alpha value is -2.10. The molecule has 0 spiro atoms. The molecule has 0 saturated carbocycles. The van der Waals surface area contributed by atoms with E-state index >= 15 is 0 Å². The molecule has 100 valence electrons. The van der Waals surface area contributed by atoms with E-state index in [9.17, 15) is 4.79 Å². The lowest BCUT2D eigenvalue weighted by atomic mass is 9.98. The Kier molecular flexibility index (Phi) is 3.69. The van der Waals surface area contributed by atoms with E-state index in [2.05, 4.69) is 19.0 Å². The molecule has 0 aliphatic rings. The molecule has 1 aromatic carbocycles. The number of benzene rings is 1. The number of carbonyl (C=O) groups is 1. The molecule has 0 radical (unpaired) electrons. The van der Waals surface area contributed by atoms with E-state index in [0.717, 1.165) is 16.9 Å². The topological polar surface area (TPSA) is 52.3 Å². The van der Waals surface area contributed by atoms with E-state index in [1.54, 1.807) is 13.2 Å². The highest BCUT2D eigenvalue weighted by molar-refractivity contribution is 5.92. The van der Waals surface area contributed by atoms with Crippen LogP contribution in [0.4, 0.5) is 0 Å². The van der Waals surface area contributed by atoms with Gasteiger partial charge >= 0.3 is 0 Å². The molecule has 0 N–H and O–H groups in total. The van der Waals surface area contributed by atoms with Gasteiger partial charge in [-0.25, -0.2) is 0 Å². The number of ketones is 1. The average Bonchev–Trinajstić information content (AvgIpc) is 2.87. The smallest absolute Gasteiger partial charge is 0.181 e. The van der Waals surface area contributed by atoms with Crippen molar-refractivity contribution in [3.8, 4) is 17.1 Å². The first-order valence-corrected chi connectivity index (χ1v) is 6.19. The van der Waals surface area contributed by atoms with Crippen LogP contribution in [0.25, 0.3) is 11.3 Å². The number of hydrogen-bond donors (Lipinski definition) is 0. The standard InChI is InChI=1S/C15H17NO3/c1-9(2)12-7-11(5-6-14(12)18-4)15-8-13(10(3)17)16-19-15/h5-9H,1-4H3. The van der Waals surface area contributed by atoms with Gasteiger partial charge in [-0.2, -0.15) is 0 Å². The van der Waals surface area contributed by atoms with E-state index in [-0.39, 0.29) is 5.78 Å². The van der Waals surface area contributed by atoms with Crippen LogP contribution in [-0.4, -0.2) is 18.0 Å². The lowest BCUT2D eigenvalue weighted by Gasteiger charge is -2.12. The highest BCUT2D eigenvalue weighted by atomic mass is 16.5. The molecule has 19 heavy (non-hydrogen) atoms. The molecule has 0 amide bonds. The molecule has 0 aliphatic heterocycles. The van der Waals surface area contributed by atoms with Gasteiger partial charge in [0.1, 0.15) is 11.4 Å². The van der Waals surface area contributed by atoms with Gasteiger partial charge in [0.15, 0.2) is 11.5 Å². The molecule has 4 nitrogen and oxygen atoms in total. The van der Waals surface area contributed by atoms with E-state index in [1.165, 1.54) is 6.92 Å². The monoisotopic (exact) mass is 259 g/mol. The fourth-order valence-corrected chi connectivity index (χ4v) is 1.92. The lowest BCUT2D eigenvalue weighted by molar-refractivity contribution is 0.100. The first-order valence-electron chi connectivity index (χ1n) is 6.19. The maximum absolute atomic E-state index is 11.2. The minimum Gasteiger partial charge on any atom is -0.496 e. The van der Waals surface area contributed by atoms with Crippen molar-refractivity contribution in [3.63, 3.8) is 0 Å². The quantitative estimate of drug-likeness (QED) is 0.786. The fourth-order valence-electron chi connectivity index (χ4n) is 1.92. The normalized spacial score (nSPS) is 10.8. The van der Waals surface area contributed by atoms with Crippen molar-refractivity contribution in [2.45, 2.75) is 26.7 Å². The van der Waals surface area contributed by atoms with Gasteiger partial charge in [-0.3, -0.25) is 4.79 Å². The van der Waals surface area contributed by atoms with Gasteiger partial charge in [-0.05, 0) is 29.7 Å². The van der Waals surface area contributed by atoms with Crippen LogP contribution in [0.15, 0.2) is 28.8 Å². The molecule has 4 heteroatoms. The summed E-state index contributed by atoms with van der Waals surface area (Å²) in [6.45, 7) is 5.67. The summed E-state index contributed by atoms with van der Waals surface area (Å²) in [5.74, 6) is 1.68. The number of ether oxygens (including phenoxy) is 1. The molecular weight excluding hydrogens is 242 g/mol. The highest BCUT2D eigenvalue weighted by Gasteiger charge is 2.13. The Bertz CT molecular complexity index is 599. The number of carbonyl (C=O) groups excluding carboxylic acids is 1. The maximum Gasteiger partial charge on any atom is 0.181 e. The first-order chi connectivity index (χ1) is 9.02. The molecule has 0 bridgehead atoms. The Labute approximate surface area is 112 Å². The zero-order chi connectivity index (χ0) is 14.0. The zero-order valence-electron chi connectivity index (χ0n) is 11.6. The van der Waals surface area contributed by atoms with E-state index in [4.69, 9.17) is 9.26 Å². The van der Waals surface area contributed by atoms with Crippen LogP contribution in [0.2, 0.25) is 0 Å². The summed E-state index contributed by atoms with van der Waals surface area (Å²) in [6, 6.07) is 7.47. The molecule has 0 atom stereocenters. The summed E-state index contributed by atoms with van der Waals surface area (Å²) in [5.41, 5.74) is 2.34. The van der Waals surface area contributed by atoms with Crippen LogP contribution in [0, 0.1) is 0 Å². The molecule has 0 aliphatic carbocycles. The van der Waals surface area contributed by atoms with Crippen LogP contribution in [0.1, 0.15) is 42.7 Å². The van der Waals surface area contributed by atoms with E-state index < -0.39 is 0 Å². The predicted molar refractivity (Wildman–Crippen MR) is 72.6 cm³/mol. The number of rotatable bonds is 4. The average molecular weight is 259 g/mol. The SMILES string of the molecule is COc1ccc(-c2cc(C(C)=O)no2)cc1C(C)C. The van der Waals surface area contributed by atoms with Gasteiger partial charge in [0.2, 0.25) is 0 Å². The number of Topliss-reactive ketones (excluding diaryl/α,β-unsaturated/α-hetero) is 1. The lowest BCUT2D eigenvalue weighted by Crippen LogP contribution is -1.94. The minimum atomic E-state index is -0.104. The van der Waals surface area contributed by atoms with E-state index in [0.29, 0.717) is 17.4 Å². The molecule has 0 fully saturated rings. The van der Waals surface area contributed by atoms with Crippen molar-refractivity contribution in [2.24, 2.45) is 0 Å². The van der Waals surface area contributed by atoms with Crippen LogP contribution < -0.4 is 4.74 Å². The Morgan fingerprint density at radius 3 is 2.58 bits per heavy atom. The van der Waals surface area contributed by atoms with Crippen LogP contribution in [-0.2, 0) is 0 Å². The van der Waals surface area contributed by atoms with Gasteiger partial charge in [-0.1, -0.05) is 19.0 Å². The summed E-state index contributed by atoms with van der Waals surface area (Å²) in [6.07, 6.45) is 0.